The number of carbonyl (C=O) groups excluding carboxylic acids is 1. The fourth-order valence-electron chi connectivity index (χ4n) is 1.29. The summed E-state index contributed by atoms with van der Waals surface area (Å²) in [6.07, 6.45) is 0.633. The second-order valence-electron chi connectivity index (χ2n) is 4.32. The molecule has 0 aromatic heterocycles. The molecule has 100 valence electrons. The zero-order chi connectivity index (χ0) is 13.9. The van der Waals surface area contributed by atoms with Crippen LogP contribution in [0.2, 0.25) is 15.1 Å². The topological polar surface area (TPSA) is 55.1 Å². The van der Waals surface area contributed by atoms with Gasteiger partial charge in [-0.2, -0.15) is 0 Å². The first-order chi connectivity index (χ1) is 8.34. The van der Waals surface area contributed by atoms with Crippen molar-refractivity contribution in [2.24, 2.45) is 11.1 Å². The molecule has 1 aromatic carbocycles. The second kappa shape index (κ2) is 6.11. The van der Waals surface area contributed by atoms with Gasteiger partial charge in [-0.25, -0.2) is 0 Å². The lowest BCUT2D eigenvalue weighted by Crippen LogP contribution is -2.39. The van der Waals surface area contributed by atoms with Gasteiger partial charge < -0.3 is 11.1 Å². The number of carbonyl (C=O) groups is 1. The maximum absolute atomic E-state index is 12.1. The van der Waals surface area contributed by atoms with Crippen LogP contribution in [-0.4, -0.2) is 12.5 Å². The number of nitrogens with one attached hydrogen (secondary N) is 1. The summed E-state index contributed by atoms with van der Waals surface area (Å²) in [5, 5.41) is 3.75. The summed E-state index contributed by atoms with van der Waals surface area (Å²) in [6.45, 7) is 3.96. The van der Waals surface area contributed by atoms with Gasteiger partial charge >= 0.3 is 0 Å². The van der Waals surface area contributed by atoms with Gasteiger partial charge in [-0.3, -0.25) is 4.79 Å². The van der Waals surface area contributed by atoms with Crippen molar-refractivity contribution in [3.63, 3.8) is 0 Å². The Kier molecular flexibility index (Phi) is 5.29. The van der Waals surface area contributed by atoms with Crippen molar-refractivity contribution >= 4 is 46.4 Å². The third kappa shape index (κ3) is 3.29. The second-order valence-corrected chi connectivity index (χ2v) is 5.54. The Hall–Kier alpha value is -0.480. The molecule has 1 unspecified atom stereocenters. The maximum Gasteiger partial charge on any atom is 0.231 e. The van der Waals surface area contributed by atoms with E-state index in [4.69, 9.17) is 40.5 Å². The Bertz CT molecular complexity index is 459. The molecule has 1 amide bonds. The molecule has 1 aromatic rings. The Balaban J connectivity index is 2.98. The lowest BCUT2D eigenvalue weighted by atomic mass is 9.86. The van der Waals surface area contributed by atoms with Gasteiger partial charge in [0.25, 0.3) is 0 Å². The van der Waals surface area contributed by atoms with Gasteiger partial charge in [-0.15, -0.1) is 0 Å². The summed E-state index contributed by atoms with van der Waals surface area (Å²) in [7, 11) is 0. The number of nitrogens with two attached hydrogens (primary N) is 1. The molecule has 3 nitrogen and oxygen atoms in total. The molecule has 1 rings (SSSR count). The van der Waals surface area contributed by atoms with Crippen LogP contribution in [0.3, 0.4) is 0 Å². The van der Waals surface area contributed by atoms with E-state index in [1.807, 2.05) is 6.92 Å². The molecular formula is C12H15Cl3N2O. The number of hydrogen-bond donors (Lipinski definition) is 2. The van der Waals surface area contributed by atoms with Gasteiger partial charge in [0, 0.05) is 6.54 Å². The minimum Gasteiger partial charge on any atom is -0.329 e. The van der Waals surface area contributed by atoms with Crippen molar-refractivity contribution in [1.29, 1.82) is 0 Å². The molecule has 0 saturated heterocycles. The van der Waals surface area contributed by atoms with E-state index in [9.17, 15) is 4.79 Å². The predicted octanol–water partition coefficient (Wildman–Crippen LogP) is 3.96. The molecule has 0 spiro atoms. The molecule has 3 N–H and O–H groups in total. The van der Waals surface area contributed by atoms with E-state index in [0.29, 0.717) is 27.2 Å². The smallest absolute Gasteiger partial charge is 0.231 e. The summed E-state index contributed by atoms with van der Waals surface area (Å²) >= 11 is 17.7. The van der Waals surface area contributed by atoms with Gasteiger partial charge in [0.2, 0.25) is 5.91 Å². The van der Waals surface area contributed by atoms with E-state index < -0.39 is 5.41 Å². The minimum atomic E-state index is -0.630. The Morgan fingerprint density at radius 1 is 1.28 bits per heavy atom. The fourth-order valence-corrected chi connectivity index (χ4v) is 1.88. The molecule has 18 heavy (non-hydrogen) atoms. The molecule has 0 saturated carbocycles. The largest absolute Gasteiger partial charge is 0.329 e. The van der Waals surface area contributed by atoms with Gasteiger partial charge in [0.1, 0.15) is 0 Å². The normalized spacial score (nSPS) is 14.1. The number of anilines is 1. The molecular weight excluding hydrogens is 295 g/mol. The first-order valence-corrected chi connectivity index (χ1v) is 6.63. The maximum atomic E-state index is 12.1. The van der Waals surface area contributed by atoms with E-state index >= 15 is 0 Å². The number of halogens is 3. The molecule has 6 heteroatoms. The van der Waals surface area contributed by atoms with Crippen LogP contribution in [0.15, 0.2) is 12.1 Å². The van der Waals surface area contributed by atoms with E-state index in [1.54, 1.807) is 6.92 Å². The Labute approximate surface area is 122 Å². The molecule has 0 fully saturated rings. The molecule has 0 radical (unpaired) electrons. The molecule has 0 bridgehead atoms. The SMILES string of the molecule is CCC(C)(CN)C(=O)Nc1cc(Cl)c(Cl)cc1Cl. The number of benzene rings is 1. The van der Waals surface area contributed by atoms with Crippen molar-refractivity contribution < 1.29 is 4.79 Å². The van der Waals surface area contributed by atoms with Crippen molar-refractivity contribution in [2.75, 3.05) is 11.9 Å². The van der Waals surface area contributed by atoms with Gasteiger partial charge in [0.05, 0.1) is 26.2 Å². The van der Waals surface area contributed by atoms with Crippen molar-refractivity contribution in [3.8, 4) is 0 Å². The third-order valence-electron chi connectivity index (χ3n) is 3.04. The Morgan fingerprint density at radius 3 is 2.33 bits per heavy atom. The van der Waals surface area contributed by atoms with Crippen LogP contribution < -0.4 is 11.1 Å². The average molecular weight is 310 g/mol. The molecule has 1 atom stereocenters. The highest BCUT2D eigenvalue weighted by Gasteiger charge is 2.30. The lowest BCUT2D eigenvalue weighted by Gasteiger charge is -2.25. The summed E-state index contributed by atoms with van der Waals surface area (Å²) in [4.78, 5) is 12.1. The summed E-state index contributed by atoms with van der Waals surface area (Å²) in [5.41, 5.74) is 5.43. The standard InChI is InChI=1S/C12H15Cl3N2O/c1-3-12(2,6-16)11(18)17-10-5-8(14)7(13)4-9(10)15/h4-5H,3,6,16H2,1-2H3,(H,17,18). The number of amides is 1. The van der Waals surface area contributed by atoms with E-state index in [1.165, 1.54) is 12.1 Å². The van der Waals surface area contributed by atoms with Crippen LogP contribution in [0, 0.1) is 5.41 Å². The highest BCUT2D eigenvalue weighted by molar-refractivity contribution is 6.44. The van der Waals surface area contributed by atoms with Gasteiger partial charge in [-0.05, 0) is 25.5 Å². The zero-order valence-corrected chi connectivity index (χ0v) is 12.5. The first kappa shape index (κ1) is 15.6. The minimum absolute atomic E-state index is 0.187. The summed E-state index contributed by atoms with van der Waals surface area (Å²) < 4.78 is 0. The molecule has 0 aliphatic heterocycles. The average Bonchev–Trinajstić information content (AvgIpc) is 2.34. The highest BCUT2D eigenvalue weighted by Crippen LogP contribution is 2.33. The van der Waals surface area contributed by atoms with Gasteiger partial charge in [0.15, 0.2) is 0 Å². The van der Waals surface area contributed by atoms with Crippen LogP contribution in [0.5, 0.6) is 0 Å². The van der Waals surface area contributed by atoms with Crippen LogP contribution in [0.25, 0.3) is 0 Å². The molecule has 0 heterocycles. The van der Waals surface area contributed by atoms with Crippen molar-refractivity contribution in [3.05, 3.63) is 27.2 Å². The fraction of sp³-hybridized carbons (Fsp3) is 0.417. The monoisotopic (exact) mass is 308 g/mol. The molecule has 0 aliphatic rings. The van der Waals surface area contributed by atoms with Gasteiger partial charge in [-0.1, -0.05) is 41.7 Å². The molecule has 0 aliphatic carbocycles. The zero-order valence-electron chi connectivity index (χ0n) is 10.2. The lowest BCUT2D eigenvalue weighted by molar-refractivity contribution is -0.124. The summed E-state index contributed by atoms with van der Waals surface area (Å²) in [6, 6.07) is 3.02. The predicted molar refractivity (Wildman–Crippen MR) is 77.6 cm³/mol. The third-order valence-corrected chi connectivity index (χ3v) is 4.07. The van der Waals surface area contributed by atoms with Crippen LogP contribution in [-0.2, 0) is 4.79 Å². The van der Waals surface area contributed by atoms with Crippen LogP contribution >= 0.6 is 34.8 Å². The number of rotatable bonds is 4. The first-order valence-electron chi connectivity index (χ1n) is 5.50. The number of hydrogen-bond acceptors (Lipinski definition) is 2. The van der Waals surface area contributed by atoms with E-state index in [-0.39, 0.29) is 12.5 Å². The van der Waals surface area contributed by atoms with Crippen LogP contribution in [0.1, 0.15) is 20.3 Å². The van der Waals surface area contributed by atoms with Crippen molar-refractivity contribution in [1.82, 2.24) is 0 Å². The highest BCUT2D eigenvalue weighted by atomic mass is 35.5. The quantitative estimate of drug-likeness (QED) is 0.827. The van der Waals surface area contributed by atoms with E-state index in [2.05, 4.69) is 5.32 Å². The van der Waals surface area contributed by atoms with E-state index in [0.717, 1.165) is 0 Å². The Morgan fingerprint density at radius 2 is 1.83 bits per heavy atom. The van der Waals surface area contributed by atoms with Crippen LogP contribution in [0.4, 0.5) is 5.69 Å². The van der Waals surface area contributed by atoms with Crippen molar-refractivity contribution in [2.45, 2.75) is 20.3 Å². The summed E-state index contributed by atoms with van der Waals surface area (Å²) in [5.74, 6) is -0.187.